The van der Waals surface area contributed by atoms with Gasteiger partial charge in [-0.1, -0.05) is 11.3 Å². The van der Waals surface area contributed by atoms with Crippen molar-refractivity contribution in [2.24, 2.45) is 0 Å². The summed E-state index contributed by atoms with van der Waals surface area (Å²) >= 11 is 1.61. The van der Waals surface area contributed by atoms with Crippen LogP contribution >= 0.6 is 11.3 Å². The summed E-state index contributed by atoms with van der Waals surface area (Å²) in [5.74, 6) is 0. The fourth-order valence-electron chi connectivity index (χ4n) is 2.05. The molecule has 0 saturated carbocycles. The summed E-state index contributed by atoms with van der Waals surface area (Å²) in [6, 6.07) is 0.502. The second kappa shape index (κ2) is 5.07. The van der Waals surface area contributed by atoms with Crippen LogP contribution in [0.1, 0.15) is 18.4 Å². The van der Waals surface area contributed by atoms with E-state index in [2.05, 4.69) is 34.4 Å². The first-order valence-electron chi connectivity index (χ1n) is 5.52. The number of likely N-dealkylation sites (N-methyl/N-ethyl adjacent to an activating group) is 1. The third kappa shape index (κ3) is 2.50. The number of nitrogens with zero attached hydrogens (tertiary/aromatic N) is 3. The molecule has 0 radical (unpaired) electrons. The maximum Gasteiger partial charge on any atom is 0.205 e. The molecule has 0 amide bonds. The van der Waals surface area contributed by atoms with E-state index in [0.717, 1.165) is 29.7 Å². The third-order valence-corrected chi connectivity index (χ3v) is 3.89. The maximum atomic E-state index is 5.56. The minimum absolute atomic E-state index is 0.321. The van der Waals surface area contributed by atoms with Crippen molar-refractivity contribution in [1.29, 1.82) is 0 Å². The largest absolute Gasteiger partial charge is 0.377 e. The van der Waals surface area contributed by atoms with E-state index in [1.807, 2.05) is 7.05 Å². The predicted molar refractivity (Wildman–Crippen MR) is 64.7 cm³/mol. The van der Waals surface area contributed by atoms with Crippen molar-refractivity contribution < 1.29 is 4.74 Å². The van der Waals surface area contributed by atoms with Gasteiger partial charge in [0.2, 0.25) is 5.13 Å². The van der Waals surface area contributed by atoms with Crippen LogP contribution in [-0.2, 0) is 11.3 Å². The Morgan fingerprint density at radius 3 is 2.94 bits per heavy atom. The summed E-state index contributed by atoms with van der Waals surface area (Å²) in [5, 5.41) is 13.1. The van der Waals surface area contributed by atoms with E-state index in [9.17, 15) is 0 Å². The minimum Gasteiger partial charge on any atom is -0.377 e. The Morgan fingerprint density at radius 2 is 2.38 bits per heavy atom. The number of anilines is 1. The molecule has 2 heterocycles. The van der Waals surface area contributed by atoms with Gasteiger partial charge in [-0.2, -0.15) is 0 Å². The summed E-state index contributed by atoms with van der Waals surface area (Å²) in [7, 11) is 3.98. The molecule has 1 fully saturated rings. The Hall–Kier alpha value is -0.720. The highest BCUT2D eigenvalue weighted by Crippen LogP contribution is 2.22. The summed E-state index contributed by atoms with van der Waals surface area (Å²) in [5.41, 5.74) is 0. The summed E-state index contributed by atoms with van der Waals surface area (Å²) in [6.45, 7) is 3.85. The average molecular weight is 242 g/mol. The lowest BCUT2D eigenvalue weighted by Gasteiger charge is -2.25. The number of aromatic nitrogens is 2. The SMILES string of the molecule is CNc1nnc(CN(C)C2CCOC2C)s1. The van der Waals surface area contributed by atoms with Gasteiger partial charge < -0.3 is 10.1 Å². The van der Waals surface area contributed by atoms with Gasteiger partial charge in [-0.25, -0.2) is 0 Å². The van der Waals surface area contributed by atoms with Crippen molar-refractivity contribution in [1.82, 2.24) is 15.1 Å². The molecular weight excluding hydrogens is 224 g/mol. The molecule has 2 unspecified atom stereocenters. The Morgan fingerprint density at radius 1 is 1.56 bits per heavy atom. The molecule has 1 aliphatic heterocycles. The van der Waals surface area contributed by atoms with E-state index in [1.54, 1.807) is 11.3 Å². The van der Waals surface area contributed by atoms with Crippen LogP contribution in [0, 0.1) is 0 Å². The van der Waals surface area contributed by atoms with Crippen LogP contribution in [-0.4, -0.2) is 47.9 Å². The monoisotopic (exact) mass is 242 g/mol. The van der Waals surface area contributed by atoms with Crippen molar-refractivity contribution in [3.63, 3.8) is 0 Å². The zero-order valence-electron chi connectivity index (χ0n) is 9.93. The van der Waals surface area contributed by atoms with Gasteiger partial charge in [-0.05, 0) is 20.4 Å². The van der Waals surface area contributed by atoms with E-state index in [4.69, 9.17) is 4.74 Å². The predicted octanol–water partition coefficient (Wildman–Crippen LogP) is 1.19. The van der Waals surface area contributed by atoms with Crippen molar-refractivity contribution >= 4 is 16.5 Å². The molecule has 1 saturated heterocycles. The highest BCUT2D eigenvalue weighted by molar-refractivity contribution is 7.15. The highest BCUT2D eigenvalue weighted by Gasteiger charge is 2.28. The smallest absolute Gasteiger partial charge is 0.205 e. The summed E-state index contributed by atoms with van der Waals surface area (Å²) in [4.78, 5) is 2.30. The first kappa shape index (κ1) is 11.8. The first-order valence-corrected chi connectivity index (χ1v) is 6.34. The van der Waals surface area contributed by atoms with Crippen molar-refractivity contribution in [3.05, 3.63) is 5.01 Å². The van der Waals surface area contributed by atoms with E-state index in [1.165, 1.54) is 0 Å². The second-order valence-corrected chi connectivity index (χ2v) is 5.16. The molecule has 1 aromatic heterocycles. The topological polar surface area (TPSA) is 50.3 Å². The molecule has 5 nitrogen and oxygen atoms in total. The Bertz CT molecular complexity index is 343. The molecule has 90 valence electrons. The number of rotatable bonds is 4. The molecule has 1 aliphatic rings. The van der Waals surface area contributed by atoms with Gasteiger partial charge in [0.15, 0.2) is 0 Å². The van der Waals surface area contributed by atoms with E-state index in [0.29, 0.717) is 12.1 Å². The van der Waals surface area contributed by atoms with Crippen LogP contribution in [0.2, 0.25) is 0 Å². The fraction of sp³-hybridized carbons (Fsp3) is 0.800. The van der Waals surface area contributed by atoms with Crippen LogP contribution in [0.4, 0.5) is 5.13 Å². The molecule has 1 aromatic rings. The van der Waals surface area contributed by atoms with Gasteiger partial charge in [-0.3, -0.25) is 4.90 Å². The molecule has 2 atom stereocenters. The van der Waals surface area contributed by atoms with E-state index >= 15 is 0 Å². The summed E-state index contributed by atoms with van der Waals surface area (Å²) in [6.07, 6.45) is 1.43. The van der Waals surface area contributed by atoms with Crippen molar-refractivity contribution in [2.75, 3.05) is 26.0 Å². The normalized spacial score (nSPS) is 25.2. The van der Waals surface area contributed by atoms with E-state index < -0.39 is 0 Å². The number of nitrogens with one attached hydrogen (secondary N) is 1. The lowest BCUT2D eigenvalue weighted by Crippen LogP contribution is -2.36. The molecule has 0 aliphatic carbocycles. The maximum absolute atomic E-state index is 5.56. The van der Waals surface area contributed by atoms with Gasteiger partial charge in [0, 0.05) is 19.7 Å². The lowest BCUT2D eigenvalue weighted by molar-refractivity contribution is 0.0813. The molecule has 2 rings (SSSR count). The van der Waals surface area contributed by atoms with Crippen LogP contribution in [0.3, 0.4) is 0 Å². The molecule has 0 bridgehead atoms. The van der Waals surface area contributed by atoms with Crippen molar-refractivity contribution in [3.8, 4) is 0 Å². The van der Waals surface area contributed by atoms with Gasteiger partial charge >= 0.3 is 0 Å². The molecule has 1 N–H and O–H groups in total. The van der Waals surface area contributed by atoms with Crippen LogP contribution < -0.4 is 5.32 Å². The van der Waals surface area contributed by atoms with Crippen LogP contribution in [0.5, 0.6) is 0 Å². The molecule has 0 aromatic carbocycles. The number of ether oxygens (including phenoxy) is 1. The summed E-state index contributed by atoms with van der Waals surface area (Å²) < 4.78 is 5.56. The molecular formula is C10H18N4OS. The van der Waals surface area contributed by atoms with Crippen LogP contribution in [0.25, 0.3) is 0 Å². The van der Waals surface area contributed by atoms with Crippen LogP contribution in [0.15, 0.2) is 0 Å². The lowest BCUT2D eigenvalue weighted by atomic mass is 10.1. The molecule has 6 heteroatoms. The first-order chi connectivity index (χ1) is 7.70. The quantitative estimate of drug-likeness (QED) is 0.859. The van der Waals surface area contributed by atoms with Gasteiger partial charge in [0.25, 0.3) is 0 Å². The average Bonchev–Trinajstić information content (AvgIpc) is 2.86. The number of hydrogen-bond donors (Lipinski definition) is 1. The second-order valence-electron chi connectivity index (χ2n) is 4.10. The Balaban J connectivity index is 1.93. The zero-order chi connectivity index (χ0) is 11.5. The van der Waals surface area contributed by atoms with Gasteiger partial charge in [0.05, 0.1) is 12.6 Å². The highest BCUT2D eigenvalue weighted by atomic mass is 32.1. The van der Waals surface area contributed by atoms with E-state index in [-0.39, 0.29) is 0 Å². The molecule has 16 heavy (non-hydrogen) atoms. The van der Waals surface area contributed by atoms with Gasteiger partial charge in [0.1, 0.15) is 5.01 Å². The standard InChI is InChI=1S/C10H18N4OS/c1-7-8(4-5-15-7)14(3)6-9-12-13-10(11-2)16-9/h7-8H,4-6H2,1-3H3,(H,11,13). The minimum atomic E-state index is 0.321. The Labute approximate surface area is 99.8 Å². The van der Waals surface area contributed by atoms with Crippen molar-refractivity contribution in [2.45, 2.75) is 32.0 Å². The Kier molecular flexibility index (Phi) is 3.73. The molecule has 0 spiro atoms. The third-order valence-electron chi connectivity index (χ3n) is 2.97. The zero-order valence-corrected chi connectivity index (χ0v) is 10.8. The fourth-order valence-corrected chi connectivity index (χ4v) is 2.81. The number of hydrogen-bond acceptors (Lipinski definition) is 6. The van der Waals surface area contributed by atoms with Gasteiger partial charge in [-0.15, -0.1) is 10.2 Å².